The molecule has 0 aliphatic carbocycles. The first-order chi connectivity index (χ1) is 13.1. The zero-order valence-electron chi connectivity index (χ0n) is 15.1. The Morgan fingerprint density at radius 1 is 1.26 bits per heavy atom. The number of pyridine rings is 2. The number of rotatable bonds is 3. The van der Waals surface area contributed by atoms with Gasteiger partial charge in [-0.1, -0.05) is 6.07 Å². The molecule has 27 heavy (non-hydrogen) atoms. The third kappa shape index (κ3) is 3.01. The number of hydrogen-bond donors (Lipinski definition) is 1. The average Bonchev–Trinajstić information content (AvgIpc) is 2.69. The Morgan fingerprint density at radius 3 is 2.78 bits per heavy atom. The van der Waals surface area contributed by atoms with Crippen LogP contribution in [0.1, 0.15) is 11.1 Å². The van der Waals surface area contributed by atoms with Crippen LogP contribution in [0.15, 0.2) is 34.0 Å². The molecule has 4 heterocycles. The molecule has 3 aromatic rings. The third-order valence-electron chi connectivity index (χ3n) is 5.09. The number of nitrogens with one attached hydrogen (secondary N) is 1. The van der Waals surface area contributed by atoms with Gasteiger partial charge in [0.05, 0.1) is 31.7 Å². The van der Waals surface area contributed by atoms with Crippen molar-refractivity contribution in [1.29, 1.82) is 5.26 Å². The lowest BCUT2D eigenvalue weighted by atomic mass is 10.2. The second-order valence-electron chi connectivity index (χ2n) is 6.78. The lowest BCUT2D eigenvalue weighted by molar-refractivity contribution is -0.908. The van der Waals surface area contributed by atoms with Crippen LogP contribution in [0, 0.1) is 18.3 Å². The molecule has 0 saturated carbocycles. The van der Waals surface area contributed by atoms with Crippen LogP contribution in [-0.4, -0.2) is 46.8 Å². The van der Waals surface area contributed by atoms with E-state index in [1.54, 1.807) is 12.3 Å². The smallest absolute Gasteiger partial charge is 0.270 e. The van der Waals surface area contributed by atoms with E-state index >= 15 is 0 Å². The minimum absolute atomic E-state index is 0.0361. The van der Waals surface area contributed by atoms with E-state index in [1.165, 1.54) is 19.9 Å². The van der Waals surface area contributed by atoms with Crippen molar-refractivity contribution in [2.45, 2.75) is 13.5 Å². The van der Waals surface area contributed by atoms with E-state index in [1.807, 2.05) is 19.1 Å². The van der Waals surface area contributed by atoms with Crippen molar-refractivity contribution in [2.24, 2.45) is 0 Å². The molecule has 0 atom stereocenters. The first kappa shape index (κ1) is 17.4. The second kappa shape index (κ2) is 6.95. The van der Waals surface area contributed by atoms with Crippen LogP contribution in [0.3, 0.4) is 0 Å². The number of morpholine rings is 1. The summed E-state index contributed by atoms with van der Waals surface area (Å²) in [5, 5.41) is 9.64. The molecule has 0 bridgehead atoms. The van der Waals surface area contributed by atoms with Crippen molar-refractivity contribution in [1.82, 2.24) is 14.0 Å². The van der Waals surface area contributed by atoms with Crippen LogP contribution in [0.5, 0.6) is 0 Å². The highest BCUT2D eigenvalue weighted by molar-refractivity contribution is 5.78. The van der Waals surface area contributed by atoms with Crippen LogP contribution in [0.2, 0.25) is 0 Å². The molecule has 1 saturated heterocycles. The summed E-state index contributed by atoms with van der Waals surface area (Å²) in [6.45, 7) is 6.14. The minimum Gasteiger partial charge on any atom is -0.370 e. The number of quaternary nitrogens is 1. The molecule has 4 rings (SSSR count). The van der Waals surface area contributed by atoms with Gasteiger partial charge in [-0.3, -0.25) is 18.6 Å². The van der Waals surface area contributed by atoms with Gasteiger partial charge < -0.3 is 9.64 Å². The zero-order valence-corrected chi connectivity index (χ0v) is 15.1. The maximum absolute atomic E-state index is 13.0. The normalized spacial score (nSPS) is 15.3. The lowest BCUT2D eigenvalue weighted by Gasteiger charge is -2.24. The quantitative estimate of drug-likeness (QED) is 0.607. The van der Waals surface area contributed by atoms with Crippen molar-refractivity contribution in [2.75, 3.05) is 32.8 Å². The van der Waals surface area contributed by atoms with Gasteiger partial charge in [0.25, 0.3) is 11.1 Å². The SMILES string of the molecule is Cc1cccn2c(=O)c3cc(C#N)c(=O)n(CC[NH+]4CCOCC4)c3nc12. The molecule has 0 aromatic carbocycles. The molecule has 1 aliphatic rings. The zero-order chi connectivity index (χ0) is 19.0. The fourth-order valence-electron chi connectivity index (χ4n) is 3.55. The highest BCUT2D eigenvalue weighted by Crippen LogP contribution is 2.12. The molecule has 0 spiro atoms. The molecule has 0 amide bonds. The van der Waals surface area contributed by atoms with Crippen molar-refractivity contribution in [3.8, 4) is 6.07 Å². The van der Waals surface area contributed by atoms with E-state index in [9.17, 15) is 14.9 Å². The highest BCUT2D eigenvalue weighted by Gasteiger charge is 2.18. The van der Waals surface area contributed by atoms with Crippen molar-refractivity contribution < 1.29 is 9.64 Å². The van der Waals surface area contributed by atoms with Crippen LogP contribution in [-0.2, 0) is 11.3 Å². The maximum Gasteiger partial charge on any atom is 0.270 e. The highest BCUT2D eigenvalue weighted by atomic mass is 16.5. The number of ether oxygens (including phenoxy) is 1. The Morgan fingerprint density at radius 2 is 2.04 bits per heavy atom. The Labute approximate surface area is 154 Å². The van der Waals surface area contributed by atoms with Gasteiger partial charge in [0, 0.05) is 6.20 Å². The molecule has 3 aromatic heterocycles. The third-order valence-corrected chi connectivity index (χ3v) is 5.09. The number of nitriles is 1. The van der Waals surface area contributed by atoms with Gasteiger partial charge in [0.1, 0.15) is 30.4 Å². The van der Waals surface area contributed by atoms with E-state index in [2.05, 4.69) is 4.98 Å². The van der Waals surface area contributed by atoms with Gasteiger partial charge in [-0.25, -0.2) is 4.98 Å². The summed E-state index contributed by atoms with van der Waals surface area (Å²) in [6, 6.07) is 6.93. The summed E-state index contributed by atoms with van der Waals surface area (Å²) in [5.74, 6) is 0. The summed E-state index contributed by atoms with van der Waals surface area (Å²) in [6.07, 6.45) is 1.65. The van der Waals surface area contributed by atoms with Crippen LogP contribution < -0.4 is 16.0 Å². The molecular formula is C19H20N5O3+. The van der Waals surface area contributed by atoms with E-state index in [-0.39, 0.29) is 16.5 Å². The van der Waals surface area contributed by atoms with Crippen LogP contribution in [0.25, 0.3) is 16.7 Å². The first-order valence-electron chi connectivity index (χ1n) is 8.97. The monoisotopic (exact) mass is 366 g/mol. The molecule has 1 N–H and O–H groups in total. The topological polar surface area (TPSA) is 93.8 Å². The molecule has 1 fully saturated rings. The summed E-state index contributed by atoms with van der Waals surface area (Å²) in [7, 11) is 0. The fraction of sp³-hybridized carbons (Fsp3) is 0.368. The Balaban J connectivity index is 1.92. The molecule has 8 heteroatoms. The molecule has 0 unspecified atom stereocenters. The summed E-state index contributed by atoms with van der Waals surface area (Å²) in [5.41, 5.74) is 0.993. The number of nitrogens with zero attached hydrogens (tertiary/aromatic N) is 4. The van der Waals surface area contributed by atoms with Crippen LogP contribution >= 0.6 is 0 Å². The van der Waals surface area contributed by atoms with Crippen molar-refractivity contribution in [3.05, 3.63) is 56.2 Å². The Kier molecular flexibility index (Phi) is 4.48. The van der Waals surface area contributed by atoms with Gasteiger partial charge in [0.2, 0.25) is 0 Å². The summed E-state index contributed by atoms with van der Waals surface area (Å²) >= 11 is 0. The minimum atomic E-state index is -0.400. The number of fused-ring (bicyclic) bond motifs is 2. The first-order valence-corrected chi connectivity index (χ1v) is 8.97. The molecule has 138 valence electrons. The molecular weight excluding hydrogens is 346 g/mol. The van der Waals surface area contributed by atoms with Gasteiger partial charge in [0.15, 0.2) is 5.65 Å². The number of aryl methyl sites for hydroxylation is 1. The number of aromatic nitrogens is 3. The van der Waals surface area contributed by atoms with Gasteiger partial charge in [-0.2, -0.15) is 5.26 Å². The Bertz CT molecular complexity index is 1180. The molecule has 1 aliphatic heterocycles. The van der Waals surface area contributed by atoms with Crippen molar-refractivity contribution >= 4 is 16.7 Å². The van der Waals surface area contributed by atoms with E-state index in [0.29, 0.717) is 37.6 Å². The van der Waals surface area contributed by atoms with Crippen LogP contribution in [0.4, 0.5) is 0 Å². The molecule has 8 nitrogen and oxygen atoms in total. The summed E-state index contributed by atoms with van der Waals surface area (Å²) in [4.78, 5) is 31.7. The predicted octanol–water partition coefficient (Wildman–Crippen LogP) is -0.895. The second-order valence-corrected chi connectivity index (χ2v) is 6.78. The number of hydrogen-bond acceptors (Lipinski definition) is 5. The van der Waals surface area contributed by atoms with Gasteiger partial charge in [-0.05, 0) is 24.6 Å². The van der Waals surface area contributed by atoms with Gasteiger partial charge in [-0.15, -0.1) is 0 Å². The maximum atomic E-state index is 13.0. The van der Waals surface area contributed by atoms with Crippen molar-refractivity contribution in [3.63, 3.8) is 0 Å². The molecule has 0 radical (unpaired) electrons. The summed E-state index contributed by atoms with van der Waals surface area (Å²) < 4.78 is 8.31. The predicted molar refractivity (Wildman–Crippen MR) is 99.1 cm³/mol. The lowest BCUT2D eigenvalue weighted by Crippen LogP contribution is -3.14. The standard InChI is InChI=1S/C19H19N5O3/c1-13-3-2-4-23-16(13)21-17-15(19(23)26)11-14(12-20)18(25)24(17)6-5-22-7-9-27-10-8-22/h2-4,11H,5-10H2,1H3/p+1. The van der Waals surface area contributed by atoms with Gasteiger partial charge >= 0.3 is 0 Å². The van der Waals surface area contributed by atoms with E-state index in [4.69, 9.17) is 4.74 Å². The Hall–Kier alpha value is -3.02. The van der Waals surface area contributed by atoms with E-state index in [0.717, 1.165) is 18.7 Å². The van der Waals surface area contributed by atoms with E-state index < -0.39 is 5.56 Å². The largest absolute Gasteiger partial charge is 0.370 e. The average molecular weight is 366 g/mol. The fourth-order valence-corrected chi connectivity index (χ4v) is 3.55.